The summed E-state index contributed by atoms with van der Waals surface area (Å²) in [4.78, 5) is 3.97. The van der Waals surface area contributed by atoms with Crippen LogP contribution in [-0.4, -0.2) is 27.6 Å². The molecular formula is C19H16BrNO6S. The summed E-state index contributed by atoms with van der Waals surface area (Å²) in [5, 5.41) is 0. The molecule has 7 nitrogen and oxygen atoms in total. The van der Waals surface area contributed by atoms with Crippen LogP contribution in [-0.2, 0) is 10.1 Å². The Morgan fingerprint density at radius 3 is 2.14 bits per heavy atom. The van der Waals surface area contributed by atoms with E-state index in [0.717, 1.165) is 0 Å². The second-order valence-corrected chi connectivity index (χ2v) is 7.79. The van der Waals surface area contributed by atoms with Crippen LogP contribution in [0.4, 0.5) is 0 Å². The fraction of sp³-hybridized carbons (Fsp3) is 0.105. The Labute approximate surface area is 171 Å². The molecule has 0 aliphatic carbocycles. The van der Waals surface area contributed by atoms with Crippen molar-refractivity contribution in [1.82, 2.24) is 4.98 Å². The average molecular weight is 466 g/mol. The minimum absolute atomic E-state index is 0.0843. The van der Waals surface area contributed by atoms with Gasteiger partial charge in [0.15, 0.2) is 11.5 Å². The lowest BCUT2D eigenvalue weighted by Crippen LogP contribution is -2.11. The monoisotopic (exact) mass is 465 g/mol. The van der Waals surface area contributed by atoms with Gasteiger partial charge in [-0.1, -0.05) is 6.07 Å². The van der Waals surface area contributed by atoms with Crippen molar-refractivity contribution in [2.75, 3.05) is 14.2 Å². The van der Waals surface area contributed by atoms with Gasteiger partial charge in [0.25, 0.3) is 0 Å². The molecule has 9 heteroatoms. The van der Waals surface area contributed by atoms with E-state index in [4.69, 9.17) is 18.4 Å². The average Bonchev–Trinajstić information content (AvgIpc) is 2.69. The lowest BCUT2D eigenvalue weighted by Gasteiger charge is -2.13. The second kappa shape index (κ2) is 8.49. The van der Waals surface area contributed by atoms with Crippen molar-refractivity contribution in [3.63, 3.8) is 0 Å². The first kappa shape index (κ1) is 20.0. The quantitative estimate of drug-likeness (QED) is 0.477. The highest BCUT2D eigenvalue weighted by Crippen LogP contribution is 2.36. The van der Waals surface area contributed by atoms with E-state index in [1.807, 2.05) is 0 Å². The minimum Gasteiger partial charge on any atom is -0.493 e. The van der Waals surface area contributed by atoms with Crippen LogP contribution in [0.3, 0.4) is 0 Å². The number of pyridine rings is 1. The van der Waals surface area contributed by atoms with E-state index in [1.54, 1.807) is 36.5 Å². The Balaban J connectivity index is 1.81. The largest absolute Gasteiger partial charge is 0.493 e. The number of hydrogen-bond donors (Lipinski definition) is 0. The predicted molar refractivity (Wildman–Crippen MR) is 106 cm³/mol. The van der Waals surface area contributed by atoms with Gasteiger partial charge in [-0.05, 0) is 52.3 Å². The van der Waals surface area contributed by atoms with Gasteiger partial charge in [-0.15, -0.1) is 0 Å². The first-order valence-electron chi connectivity index (χ1n) is 7.98. The van der Waals surface area contributed by atoms with Gasteiger partial charge in [-0.3, -0.25) is 0 Å². The second-order valence-electron chi connectivity index (χ2n) is 5.42. The highest BCUT2D eigenvalue weighted by atomic mass is 79.9. The minimum atomic E-state index is -4.11. The summed E-state index contributed by atoms with van der Waals surface area (Å²) in [5.41, 5.74) is 0. The Morgan fingerprint density at radius 1 is 0.893 bits per heavy atom. The molecule has 0 spiro atoms. The molecule has 0 bridgehead atoms. The van der Waals surface area contributed by atoms with E-state index < -0.39 is 10.1 Å². The molecule has 2 aromatic carbocycles. The number of benzene rings is 2. The maximum atomic E-state index is 12.7. The van der Waals surface area contributed by atoms with Gasteiger partial charge in [0.05, 0.1) is 14.2 Å². The van der Waals surface area contributed by atoms with E-state index in [2.05, 4.69) is 20.9 Å². The molecular weight excluding hydrogens is 450 g/mol. The third-order valence-corrected chi connectivity index (χ3v) is 5.80. The van der Waals surface area contributed by atoms with Gasteiger partial charge in [-0.25, -0.2) is 4.98 Å². The normalized spacial score (nSPS) is 11.0. The number of aromatic nitrogens is 1. The Hall–Kier alpha value is -2.78. The fourth-order valence-corrected chi connectivity index (χ4v) is 4.21. The van der Waals surface area contributed by atoms with Crippen LogP contribution < -0.4 is 18.4 Å². The van der Waals surface area contributed by atoms with E-state index in [-0.39, 0.29) is 16.4 Å². The van der Waals surface area contributed by atoms with Crippen LogP contribution in [0.2, 0.25) is 0 Å². The lowest BCUT2D eigenvalue weighted by atomic mass is 10.3. The van der Waals surface area contributed by atoms with Gasteiger partial charge >= 0.3 is 10.1 Å². The first-order valence-corrected chi connectivity index (χ1v) is 10.2. The van der Waals surface area contributed by atoms with Crippen LogP contribution >= 0.6 is 15.9 Å². The fourth-order valence-electron chi connectivity index (χ4n) is 2.29. The number of hydrogen-bond acceptors (Lipinski definition) is 7. The Kier molecular flexibility index (Phi) is 6.05. The van der Waals surface area contributed by atoms with Gasteiger partial charge < -0.3 is 18.4 Å². The van der Waals surface area contributed by atoms with E-state index in [0.29, 0.717) is 21.9 Å². The molecule has 0 unspecified atom stereocenters. The summed E-state index contributed by atoms with van der Waals surface area (Å²) in [7, 11) is -1.23. The van der Waals surface area contributed by atoms with Crippen molar-refractivity contribution in [2.45, 2.75) is 4.90 Å². The number of rotatable bonds is 7. The van der Waals surface area contributed by atoms with Crippen LogP contribution in [0.1, 0.15) is 0 Å². The molecule has 0 aliphatic rings. The van der Waals surface area contributed by atoms with Crippen molar-refractivity contribution < 1.29 is 26.8 Å². The molecule has 3 rings (SSSR count). The van der Waals surface area contributed by atoms with E-state index in [1.165, 1.54) is 38.5 Å². The zero-order chi connectivity index (χ0) is 20.1. The molecule has 3 aromatic rings. The number of halogens is 1. The standard InChI is InChI=1S/C19H16BrNO6S/c1-24-16-11-15(20)18(12-17(16)25-2)28(22,23)27-14-8-6-13(7-9-14)26-19-5-3-4-10-21-19/h3-12H,1-2H3. The number of ether oxygens (including phenoxy) is 3. The molecule has 1 heterocycles. The SMILES string of the molecule is COc1cc(Br)c(S(=O)(=O)Oc2ccc(Oc3ccccn3)cc2)cc1OC. The van der Waals surface area contributed by atoms with Gasteiger partial charge in [0.2, 0.25) is 5.88 Å². The first-order chi connectivity index (χ1) is 13.4. The zero-order valence-corrected chi connectivity index (χ0v) is 17.4. The highest BCUT2D eigenvalue weighted by molar-refractivity contribution is 9.10. The summed E-state index contributed by atoms with van der Waals surface area (Å²) in [6.45, 7) is 0. The molecule has 0 N–H and O–H groups in total. The Bertz CT molecular complexity index is 1060. The third kappa shape index (κ3) is 4.55. The van der Waals surface area contributed by atoms with Crippen LogP contribution in [0.15, 0.2) is 70.2 Å². The molecule has 0 radical (unpaired) electrons. The number of nitrogens with zero attached hydrogens (tertiary/aromatic N) is 1. The smallest absolute Gasteiger partial charge is 0.340 e. The zero-order valence-electron chi connectivity index (χ0n) is 15.0. The molecule has 0 amide bonds. The van der Waals surface area contributed by atoms with E-state index >= 15 is 0 Å². The van der Waals surface area contributed by atoms with Crippen molar-refractivity contribution >= 4 is 26.0 Å². The maximum Gasteiger partial charge on any atom is 0.340 e. The molecule has 28 heavy (non-hydrogen) atoms. The molecule has 0 atom stereocenters. The molecule has 0 aliphatic heterocycles. The predicted octanol–water partition coefficient (Wildman–Crippen LogP) is 4.42. The van der Waals surface area contributed by atoms with Crippen molar-refractivity contribution in [1.29, 1.82) is 0 Å². The topological polar surface area (TPSA) is 84.0 Å². The van der Waals surface area contributed by atoms with Gasteiger partial charge in [-0.2, -0.15) is 8.42 Å². The highest BCUT2D eigenvalue weighted by Gasteiger charge is 2.23. The van der Waals surface area contributed by atoms with Gasteiger partial charge in [0.1, 0.15) is 16.4 Å². The summed E-state index contributed by atoms with van der Waals surface area (Å²) >= 11 is 3.23. The third-order valence-electron chi connectivity index (χ3n) is 3.60. The Morgan fingerprint density at radius 2 is 1.54 bits per heavy atom. The van der Waals surface area contributed by atoms with Crippen molar-refractivity contribution in [3.05, 3.63) is 65.3 Å². The summed E-state index contributed by atoms with van der Waals surface area (Å²) < 4.78 is 46.8. The molecule has 0 saturated carbocycles. The summed E-state index contributed by atoms with van der Waals surface area (Å²) in [6, 6.07) is 14.3. The molecule has 146 valence electrons. The van der Waals surface area contributed by atoms with Crippen LogP contribution in [0, 0.1) is 0 Å². The maximum absolute atomic E-state index is 12.7. The van der Waals surface area contributed by atoms with E-state index in [9.17, 15) is 8.42 Å². The molecule has 1 aromatic heterocycles. The van der Waals surface area contributed by atoms with Gasteiger partial charge in [0, 0.05) is 22.8 Å². The number of methoxy groups -OCH3 is 2. The lowest BCUT2D eigenvalue weighted by molar-refractivity contribution is 0.353. The molecule has 0 fully saturated rings. The van der Waals surface area contributed by atoms with Crippen LogP contribution in [0.25, 0.3) is 0 Å². The van der Waals surface area contributed by atoms with Crippen LogP contribution in [0.5, 0.6) is 28.9 Å². The van der Waals surface area contributed by atoms with Crippen molar-refractivity contribution in [2.24, 2.45) is 0 Å². The summed E-state index contributed by atoms with van der Waals surface area (Å²) in [5.74, 6) is 1.72. The van der Waals surface area contributed by atoms with Crippen molar-refractivity contribution in [3.8, 4) is 28.9 Å². The summed E-state index contributed by atoms with van der Waals surface area (Å²) in [6.07, 6.45) is 1.61. The molecule has 0 saturated heterocycles.